The van der Waals surface area contributed by atoms with E-state index >= 15 is 0 Å². The molecule has 24 heavy (non-hydrogen) atoms. The fraction of sp³-hybridized carbons (Fsp3) is 0.526. The lowest BCUT2D eigenvalue weighted by atomic mass is 9.50. The van der Waals surface area contributed by atoms with E-state index in [4.69, 9.17) is 0 Å². The summed E-state index contributed by atoms with van der Waals surface area (Å²) >= 11 is 1.32. The minimum Gasteiger partial charge on any atom is -0.298 e. The summed E-state index contributed by atoms with van der Waals surface area (Å²) in [6.07, 6.45) is 2.58. The third-order valence-corrected chi connectivity index (χ3v) is 6.61. The van der Waals surface area contributed by atoms with Crippen molar-refractivity contribution >= 4 is 11.3 Å². The number of nitrogens with zero attached hydrogens (tertiary/aromatic N) is 1. The summed E-state index contributed by atoms with van der Waals surface area (Å²) < 4.78 is 28.2. The van der Waals surface area contributed by atoms with E-state index in [-0.39, 0.29) is 23.1 Å². The third kappa shape index (κ3) is 2.63. The molecule has 0 N–H and O–H groups in total. The maximum Gasteiger partial charge on any atom is 0.307 e. The number of aryl methyl sites for hydroxylation is 1. The van der Waals surface area contributed by atoms with Crippen molar-refractivity contribution in [1.29, 1.82) is 0 Å². The third-order valence-electron chi connectivity index (χ3n) is 5.48. The molecule has 2 saturated carbocycles. The Bertz CT molecular complexity index is 793. The highest BCUT2D eigenvalue weighted by atomic mass is 32.1. The topological polar surface area (TPSA) is 22.0 Å². The van der Waals surface area contributed by atoms with Gasteiger partial charge < -0.3 is 0 Å². The Balaban J connectivity index is 1.56. The number of aromatic nitrogens is 1. The van der Waals surface area contributed by atoms with E-state index in [1.54, 1.807) is 0 Å². The molecule has 2 aliphatic carbocycles. The van der Waals surface area contributed by atoms with E-state index in [1.165, 1.54) is 11.3 Å². The molecule has 2 fully saturated rings. The van der Waals surface area contributed by atoms with Gasteiger partial charge in [0.25, 0.3) is 0 Å². The van der Waals surface area contributed by atoms with Gasteiger partial charge in [-0.2, -0.15) is 0 Å². The van der Waals surface area contributed by atoms with E-state index in [9.17, 15) is 13.6 Å². The molecule has 5 heteroatoms. The van der Waals surface area contributed by atoms with Gasteiger partial charge in [0.15, 0.2) is 0 Å². The number of hydrogen-bond acceptors (Lipinski definition) is 2. The van der Waals surface area contributed by atoms with Crippen LogP contribution in [-0.2, 0) is 13.0 Å². The van der Waals surface area contributed by atoms with Gasteiger partial charge >= 0.3 is 4.87 Å². The van der Waals surface area contributed by atoms with Crippen molar-refractivity contribution in [2.75, 3.05) is 0 Å². The number of halogens is 2. The lowest BCUT2D eigenvalue weighted by Gasteiger charge is -2.57. The summed E-state index contributed by atoms with van der Waals surface area (Å²) in [6.45, 7) is 2.73. The van der Waals surface area contributed by atoms with Crippen LogP contribution in [0.5, 0.6) is 0 Å². The Hall–Kier alpha value is -1.49. The first-order chi connectivity index (χ1) is 11.4. The molecule has 1 aromatic carbocycles. The maximum absolute atomic E-state index is 13.2. The highest BCUT2D eigenvalue weighted by Crippen LogP contribution is 2.64. The van der Waals surface area contributed by atoms with Gasteiger partial charge in [-0.1, -0.05) is 48.6 Å². The summed E-state index contributed by atoms with van der Waals surface area (Å²) in [5.41, 5.74) is 1.96. The number of benzene rings is 1. The average Bonchev–Trinajstić information content (AvgIpc) is 2.80. The molecule has 0 saturated heterocycles. The quantitative estimate of drug-likeness (QED) is 0.764. The highest BCUT2D eigenvalue weighted by molar-refractivity contribution is 7.09. The van der Waals surface area contributed by atoms with Crippen LogP contribution >= 0.6 is 11.3 Å². The summed E-state index contributed by atoms with van der Waals surface area (Å²) in [5.74, 6) is -2.10. The Kier molecular flexibility index (Phi) is 3.68. The molecular weight excluding hydrogens is 328 g/mol. The molecule has 128 valence electrons. The Labute approximate surface area is 144 Å². The number of hydrogen-bond donors (Lipinski definition) is 0. The van der Waals surface area contributed by atoms with Crippen molar-refractivity contribution in [2.24, 2.45) is 11.3 Å². The average molecular weight is 349 g/mol. The van der Waals surface area contributed by atoms with E-state index in [0.717, 1.165) is 35.4 Å². The molecule has 0 radical (unpaired) electrons. The van der Waals surface area contributed by atoms with Gasteiger partial charge in [0.2, 0.25) is 5.92 Å². The summed E-state index contributed by atoms with van der Waals surface area (Å²) in [4.78, 5) is 13.7. The van der Waals surface area contributed by atoms with Gasteiger partial charge in [0, 0.05) is 24.3 Å². The standard InChI is InChI=1S/C19H21F2NOS/c1-2-15-16(14-6-4-3-5-7-14)22(17(23)24-15)10-13-8-18(9-13)11-19(20,21)12-18/h3-7,13H,2,8-12H2,1H3. The smallest absolute Gasteiger partial charge is 0.298 e. The fourth-order valence-corrected chi connectivity index (χ4v) is 5.61. The minimum absolute atomic E-state index is 0.0424. The number of alkyl halides is 2. The number of thiazole rings is 1. The van der Waals surface area contributed by atoms with Crippen LogP contribution in [0.3, 0.4) is 0 Å². The lowest BCUT2D eigenvalue weighted by molar-refractivity contribution is -0.208. The molecular formula is C19H21F2NOS. The number of rotatable bonds is 4. The monoisotopic (exact) mass is 349 g/mol. The van der Waals surface area contributed by atoms with Crippen LogP contribution < -0.4 is 4.87 Å². The van der Waals surface area contributed by atoms with Crippen molar-refractivity contribution in [3.05, 3.63) is 44.9 Å². The van der Waals surface area contributed by atoms with Crippen LogP contribution in [0.25, 0.3) is 11.3 Å². The molecule has 0 amide bonds. The van der Waals surface area contributed by atoms with Crippen molar-refractivity contribution in [3.63, 3.8) is 0 Å². The van der Waals surface area contributed by atoms with E-state index < -0.39 is 5.92 Å². The van der Waals surface area contributed by atoms with Crippen LogP contribution in [-0.4, -0.2) is 10.5 Å². The van der Waals surface area contributed by atoms with Gasteiger partial charge in [-0.25, -0.2) is 8.78 Å². The Morgan fingerprint density at radius 1 is 1.21 bits per heavy atom. The van der Waals surface area contributed by atoms with Crippen molar-refractivity contribution < 1.29 is 8.78 Å². The predicted molar refractivity (Wildman–Crippen MR) is 92.7 cm³/mol. The zero-order valence-corrected chi connectivity index (χ0v) is 14.5. The van der Waals surface area contributed by atoms with Crippen LogP contribution in [0.2, 0.25) is 0 Å². The van der Waals surface area contributed by atoms with Gasteiger partial charge in [0.1, 0.15) is 0 Å². The molecule has 0 atom stereocenters. The normalized spacial score (nSPS) is 21.5. The molecule has 1 aromatic heterocycles. The van der Waals surface area contributed by atoms with Gasteiger partial charge in [-0.05, 0) is 36.2 Å². The van der Waals surface area contributed by atoms with Crippen molar-refractivity contribution in [1.82, 2.24) is 4.57 Å². The second-order valence-electron chi connectivity index (χ2n) is 7.45. The summed E-state index contributed by atoms with van der Waals surface area (Å²) in [5, 5.41) is 0. The Morgan fingerprint density at radius 2 is 1.88 bits per heavy atom. The van der Waals surface area contributed by atoms with E-state index in [2.05, 4.69) is 6.92 Å². The molecule has 1 heterocycles. The first-order valence-electron chi connectivity index (χ1n) is 8.57. The van der Waals surface area contributed by atoms with Gasteiger partial charge in [-0.15, -0.1) is 0 Å². The van der Waals surface area contributed by atoms with Crippen LogP contribution in [0.4, 0.5) is 8.78 Å². The Morgan fingerprint density at radius 3 is 2.46 bits per heavy atom. The fourth-order valence-electron chi connectivity index (χ4n) is 4.66. The second-order valence-corrected chi connectivity index (χ2v) is 8.50. The van der Waals surface area contributed by atoms with Gasteiger partial charge in [0.05, 0.1) is 5.69 Å². The first kappa shape index (κ1) is 16.0. The molecule has 2 aromatic rings. The first-order valence-corrected chi connectivity index (χ1v) is 9.39. The molecule has 4 rings (SSSR count). The van der Waals surface area contributed by atoms with E-state index in [0.29, 0.717) is 12.5 Å². The molecule has 0 bridgehead atoms. The van der Waals surface area contributed by atoms with Crippen LogP contribution in [0, 0.1) is 11.3 Å². The SMILES string of the molecule is CCc1sc(=O)n(CC2CC3(C2)CC(F)(F)C3)c1-c1ccccc1. The summed E-state index contributed by atoms with van der Waals surface area (Å²) in [6, 6.07) is 10.0. The van der Waals surface area contributed by atoms with E-state index in [1.807, 2.05) is 34.9 Å². The zero-order chi connectivity index (χ0) is 16.9. The predicted octanol–water partition coefficient (Wildman–Crippen LogP) is 4.96. The largest absolute Gasteiger partial charge is 0.307 e. The maximum atomic E-state index is 13.2. The van der Waals surface area contributed by atoms with Gasteiger partial charge in [-0.3, -0.25) is 9.36 Å². The molecule has 0 unspecified atom stereocenters. The van der Waals surface area contributed by atoms with Crippen molar-refractivity contribution in [2.45, 2.75) is 51.5 Å². The minimum atomic E-state index is -2.45. The summed E-state index contributed by atoms with van der Waals surface area (Å²) in [7, 11) is 0. The second kappa shape index (κ2) is 5.51. The zero-order valence-electron chi connectivity index (χ0n) is 13.7. The van der Waals surface area contributed by atoms with Crippen molar-refractivity contribution in [3.8, 4) is 11.3 Å². The molecule has 2 aliphatic rings. The van der Waals surface area contributed by atoms with Crippen LogP contribution in [0.15, 0.2) is 35.1 Å². The van der Waals surface area contributed by atoms with Crippen LogP contribution in [0.1, 0.15) is 37.5 Å². The molecule has 0 aliphatic heterocycles. The lowest BCUT2D eigenvalue weighted by Crippen LogP contribution is -2.54. The molecule has 2 nitrogen and oxygen atoms in total. The molecule has 1 spiro atoms. The highest BCUT2D eigenvalue weighted by Gasteiger charge is 2.61.